The molecule has 0 saturated heterocycles. The predicted molar refractivity (Wildman–Crippen MR) is 57.8 cm³/mol. The van der Waals surface area contributed by atoms with E-state index in [1.54, 1.807) is 0 Å². The highest BCUT2D eigenvalue weighted by molar-refractivity contribution is 5.15. The average molecular weight is 191 g/mol. The van der Waals surface area contributed by atoms with Gasteiger partial charge < -0.3 is 5.32 Å². The van der Waals surface area contributed by atoms with Gasteiger partial charge in [0.1, 0.15) is 0 Å². The summed E-state index contributed by atoms with van der Waals surface area (Å²) >= 11 is 0. The largest absolute Gasteiger partial charge is 0.313 e. The Morgan fingerprint density at radius 1 is 1.64 bits per heavy atom. The third-order valence-electron chi connectivity index (χ3n) is 2.24. The van der Waals surface area contributed by atoms with Crippen molar-refractivity contribution in [2.75, 3.05) is 6.54 Å². The fourth-order valence-electron chi connectivity index (χ4n) is 1.31. The molecule has 0 fully saturated rings. The molecule has 14 heavy (non-hydrogen) atoms. The molecular formula is C11H17N3. The van der Waals surface area contributed by atoms with Gasteiger partial charge in [-0.25, -0.2) is 0 Å². The summed E-state index contributed by atoms with van der Waals surface area (Å²) in [5, 5.41) is 7.57. The second kappa shape index (κ2) is 5.46. The number of rotatable bonds is 5. The van der Waals surface area contributed by atoms with Gasteiger partial charge in [-0.15, -0.1) is 12.3 Å². The molecule has 1 heterocycles. The van der Waals surface area contributed by atoms with E-state index in [9.17, 15) is 0 Å². The molecule has 1 rings (SSSR count). The first kappa shape index (κ1) is 10.8. The summed E-state index contributed by atoms with van der Waals surface area (Å²) < 4.78 is 1.96. The van der Waals surface area contributed by atoms with Gasteiger partial charge in [-0.05, 0) is 13.5 Å². The predicted octanol–water partition coefficient (Wildman–Crippen LogP) is 1.32. The first-order valence-electron chi connectivity index (χ1n) is 4.95. The van der Waals surface area contributed by atoms with Gasteiger partial charge in [-0.2, -0.15) is 5.10 Å². The van der Waals surface area contributed by atoms with Crippen molar-refractivity contribution in [3.8, 4) is 12.3 Å². The lowest BCUT2D eigenvalue weighted by molar-refractivity contribution is 0.609. The number of terminal acetylenes is 1. The smallest absolute Gasteiger partial charge is 0.0537 e. The highest BCUT2D eigenvalue weighted by Gasteiger charge is 2.04. The first-order valence-corrected chi connectivity index (χ1v) is 4.95. The zero-order valence-electron chi connectivity index (χ0n) is 8.88. The van der Waals surface area contributed by atoms with E-state index in [2.05, 4.69) is 30.2 Å². The first-order chi connectivity index (χ1) is 6.79. The minimum atomic E-state index is 0.739. The molecule has 0 aliphatic heterocycles. The summed E-state index contributed by atoms with van der Waals surface area (Å²) in [6, 6.07) is 0. The van der Waals surface area contributed by atoms with Crippen LogP contribution in [0.2, 0.25) is 0 Å². The second-order valence-electron chi connectivity index (χ2n) is 3.21. The summed E-state index contributed by atoms with van der Waals surface area (Å²) in [6.07, 6.45) is 7.86. The monoisotopic (exact) mass is 191 g/mol. The molecule has 1 aromatic heterocycles. The van der Waals surface area contributed by atoms with E-state index in [-0.39, 0.29) is 0 Å². The lowest BCUT2D eigenvalue weighted by Gasteiger charge is -2.03. The Kier molecular flexibility index (Phi) is 4.21. The van der Waals surface area contributed by atoms with Crippen LogP contribution in [0.15, 0.2) is 6.20 Å². The van der Waals surface area contributed by atoms with E-state index in [1.807, 2.05) is 10.9 Å². The maximum atomic E-state index is 5.21. The molecule has 0 unspecified atom stereocenters. The van der Waals surface area contributed by atoms with Crippen molar-refractivity contribution in [1.82, 2.24) is 15.1 Å². The molecule has 76 valence electrons. The van der Waals surface area contributed by atoms with Crippen molar-refractivity contribution in [3.63, 3.8) is 0 Å². The number of nitrogens with zero attached hydrogens (tertiary/aromatic N) is 2. The van der Waals surface area contributed by atoms with Crippen LogP contribution in [-0.2, 0) is 13.1 Å². The van der Waals surface area contributed by atoms with Gasteiger partial charge in [-0.1, -0.05) is 6.92 Å². The van der Waals surface area contributed by atoms with Crippen LogP contribution in [0, 0.1) is 19.3 Å². The van der Waals surface area contributed by atoms with E-state index in [0.717, 1.165) is 26.1 Å². The highest BCUT2D eigenvalue weighted by Crippen LogP contribution is 2.06. The Morgan fingerprint density at radius 2 is 2.43 bits per heavy atom. The van der Waals surface area contributed by atoms with E-state index in [4.69, 9.17) is 6.42 Å². The van der Waals surface area contributed by atoms with Gasteiger partial charge in [-0.3, -0.25) is 4.68 Å². The summed E-state index contributed by atoms with van der Waals surface area (Å²) in [6.45, 7) is 6.86. The standard InChI is InChI=1S/C11H17N3/c1-4-6-7-14-10(3)11(9-13-14)8-12-5-2/h1,9,12H,5-8H2,2-3H3. The van der Waals surface area contributed by atoms with Crippen molar-refractivity contribution < 1.29 is 0 Å². The van der Waals surface area contributed by atoms with E-state index in [0.29, 0.717) is 0 Å². The molecule has 0 spiro atoms. The van der Waals surface area contributed by atoms with Crippen molar-refractivity contribution in [3.05, 3.63) is 17.5 Å². The van der Waals surface area contributed by atoms with Crippen LogP contribution in [0.1, 0.15) is 24.6 Å². The molecule has 3 heteroatoms. The maximum absolute atomic E-state index is 5.21. The molecule has 0 aliphatic carbocycles. The Hall–Kier alpha value is -1.27. The fraction of sp³-hybridized carbons (Fsp3) is 0.545. The van der Waals surface area contributed by atoms with Crippen LogP contribution in [0.5, 0.6) is 0 Å². The SMILES string of the molecule is C#CCCn1ncc(CNCC)c1C. The normalized spacial score (nSPS) is 10.1. The minimum absolute atomic E-state index is 0.739. The number of aromatic nitrogens is 2. The van der Waals surface area contributed by atoms with Crippen LogP contribution >= 0.6 is 0 Å². The topological polar surface area (TPSA) is 29.9 Å². The third-order valence-corrected chi connectivity index (χ3v) is 2.24. The fourth-order valence-corrected chi connectivity index (χ4v) is 1.31. The molecule has 0 aromatic carbocycles. The average Bonchev–Trinajstić information content (AvgIpc) is 2.54. The molecule has 1 N–H and O–H groups in total. The zero-order chi connectivity index (χ0) is 10.4. The summed E-state index contributed by atoms with van der Waals surface area (Å²) in [4.78, 5) is 0. The van der Waals surface area contributed by atoms with Gasteiger partial charge in [0, 0.05) is 24.2 Å². The Morgan fingerprint density at radius 3 is 3.07 bits per heavy atom. The van der Waals surface area contributed by atoms with Crippen molar-refractivity contribution >= 4 is 0 Å². The Balaban J connectivity index is 2.61. The van der Waals surface area contributed by atoms with Crippen LogP contribution in [0.4, 0.5) is 0 Å². The molecule has 0 atom stereocenters. The summed E-state index contributed by atoms with van der Waals surface area (Å²) in [5.74, 6) is 2.62. The molecule has 3 nitrogen and oxygen atoms in total. The zero-order valence-corrected chi connectivity index (χ0v) is 8.88. The van der Waals surface area contributed by atoms with Crippen molar-refractivity contribution in [2.45, 2.75) is 33.4 Å². The quantitative estimate of drug-likeness (QED) is 0.711. The lowest BCUT2D eigenvalue weighted by Crippen LogP contribution is -2.12. The number of aryl methyl sites for hydroxylation is 1. The molecule has 0 saturated carbocycles. The Labute approximate surface area is 85.5 Å². The molecular weight excluding hydrogens is 174 g/mol. The van der Waals surface area contributed by atoms with E-state index in [1.165, 1.54) is 11.3 Å². The van der Waals surface area contributed by atoms with Crippen LogP contribution in [0.25, 0.3) is 0 Å². The Bertz CT molecular complexity index is 320. The van der Waals surface area contributed by atoms with Gasteiger partial charge in [0.2, 0.25) is 0 Å². The molecule has 0 amide bonds. The minimum Gasteiger partial charge on any atom is -0.313 e. The molecule has 0 radical (unpaired) electrons. The maximum Gasteiger partial charge on any atom is 0.0537 e. The van der Waals surface area contributed by atoms with Crippen molar-refractivity contribution in [2.24, 2.45) is 0 Å². The molecule has 0 aliphatic rings. The second-order valence-corrected chi connectivity index (χ2v) is 3.21. The number of hydrogen-bond donors (Lipinski definition) is 1. The summed E-state index contributed by atoms with van der Waals surface area (Å²) in [5.41, 5.74) is 2.46. The molecule has 0 bridgehead atoms. The van der Waals surface area contributed by atoms with Crippen molar-refractivity contribution in [1.29, 1.82) is 0 Å². The third kappa shape index (κ3) is 2.61. The van der Waals surface area contributed by atoms with Gasteiger partial charge in [0.25, 0.3) is 0 Å². The highest BCUT2D eigenvalue weighted by atomic mass is 15.3. The van der Waals surface area contributed by atoms with Gasteiger partial charge in [0.05, 0.1) is 12.7 Å². The van der Waals surface area contributed by atoms with Crippen LogP contribution < -0.4 is 5.32 Å². The molecule has 1 aromatic rings. The number of hydrogen-bond acceptors (Lipinski definition) is 2. The van der Waals surface area contributed by atoms with Crippen LogP contribution in [-0.4, -0.2) is 16.3 Å². The summed E-state index contributed by atoms with van der Waals surface area (Å²) in [7, 11) is 0. The van der Waals surface area contributed by atoms with E-state index < -0.39 is 0 Å². The lowest BCUT2D eigenvalue weighted by atomic mass is 10.2. The van der Waals surface area contributed by atoms with Crippen LogP contribution in [0.3, 0.4) is 0 Å². The number of nitrogens with one attached hydrogen (secondary N) is 1. The van der Waals surface area contributed by atoms with E-state index >= 15 is 0 Å². The van der Waals surface area contributed by atoms with Gasteiger partial charge in [0.15, 0.2) is 0 Å². The van der Waals surface area contributed by atoms with Gasteiger partial charge >= 0.3 is 0 Å².